The Labute approximate surface area is 163 Å². The summed E-state index contributed by atoms with van der Waals surface area (Å²) in [6.45, 7) is 2.75. The largest absolute Gasteiger partial charge is 0.441 e. The molecule has 1 atom stereocenters. The molecular formula is C20H22ClN3O3. The molecular weight excluding hydrogens is 366 g/mol. The Bertz CT molecular complexity index is 792. The lowest BCUT2D eigenvalue weighted by atomic mass is 10.1. The van der Waals surface area contributed by atoms with Crippen LogP contribution in [0.5, 0.6) is 0 Å². The van der Waals surface area contributed by atoms with Crippen molar-refractivity contribution in [3.8, 4) is 0 Å². The Hall–Kier alpha value is -2.73. The standard InChI is InChI=1S/C20H22ClN3O3/c21-16-6-4-5-15(13-16)18(27-20(22)26)14-19(25)24-11-9-23(10-12-24)17-7-2-1-3-8-17/h1-8,13,18H,9-12,14H2,(H2,22,26). The predicted octanol–water partition coefficient (Wildman–Crippen LogP) is 3.22. The minimum Gasteiger partial charge on any atom is -0.441 e. The second-order valence-corrected chi connectivity index (χ2v) is 6.82. The van der Waals surface area contributed by atoms with Gasteiger partial charge in [-0.05, 0) is 29.8 Å². The SMILES string of the molecule is NC(=O)OC(CC(=O)N1CCN(c2ccccc2)CC1)c1cccc(Cl)c1. The van der Waals surface area contributed by atoms with E-state index < -0.39 is 12.2 Å². The molecule has 1 fully saturated rings. The number of carbonyl (C=O) groups excluding carboxylic acids is 2. The van der Waals surface area contributed by atoms with Crippen LogP contribution in [0, 0.1) is 0 Å². The van der Waals surface area contributed by atoms with Crippen LogP contribution in [0.3, 0.4) is 0 Å². The second-order valence-electron chi connectivity index (χ2n) is 6.39. The normalized spacial score (nSPS) is 15.3. The molecule has 2 aromatic rings. The highest BCUT2D eigenvalue weighted by Crippen LogP contribution is 2.25. The molecule has 1 heterocycles. The zero-order valence-electron chi connectivity index (χ0n) is 14.9. The van der Waals surface area contributed by atoms with Gasteiger partial charge in [0.25, 0.3) is 0 Å². The predicted molar refractivity (Wildman–Crippen MR) is 105 cm³/mol. The van der Waals surface area contributed by atoms with E-state index in [0.29, 0.717) is 23.7 Å². The van der Waals surface area contributed by atoms with Gasteiger partial charge in [0.2, 0.25) is 5.91 Å². The molecule has 0 spiro atoms. The van der Waals surface area contributed by atoms with Gasteiger partial charge in [-0.1, -0.05) is 41.9 Å². The average Bonchev–Trinajstić information content (AvgIpc) is 2.68. The van der Waals surface area contributed by atoms with Gasteiger partial charge in [0.1, 0.15) is 6.10 Å². The Balaban J connectivity index is 1.62. The van der Waals surface area contributed by atoms with Gasteiger partial charge in [0, 0.05) is 36.9 Å². The van der Waals surface area contributed by atoms with E-state index in [1.54, 1.807) is 29.2 Å². The maximum absolute atomic E-state index is 12.7. The fourth-order valence-electron chi connectivity index (χ4n) is 3.22. The molecule has 6 nitrogen and oxygen atoms in total. The van der Waals surface area contributed by atoms with Crippen LogP contribution in [0.15, 0.2) is 54.6 Å². The average molecular weight is 388 g/mol. The number of piperazine rings is 1. The number of nitrogens with zero attached hydrogens (tertiary/aromatic N) is 2. The number of halogens is 1. The number of anilines is 1. The molecule has 142 valence electrons. The molecule has 0 aliphatic carbocycles. The van der Waals surface area contributed by atoms with Crippen LogP contribution in [0.2, 0.25) is 5.02 Å². The van der Waals surface area contributed by atoms with Gasteiger partial charge in [0.05, 0.1) is 6.42 Å². The molecule has 1 saturated heterocycles. The van der Waals surface area contributed by atoms with E-state index in [-0.39, 0.29) is 12.3 Å². The molecule has 2 N–H and O–H groups in total. The van der Waals surface area contributed by atoms with Crippen molar-refractivity contribution in [1.82, 2.24) is 4.90 Å². The number of carbonyl (C=O) groups is 2. The van der Waals surface area contributed by atoms with Gasteiger partial charge in [-0.2, -0.15) is 0 Å². The molecule has 0 saturated carbocycles. The first-order chi connectivity index (χ1) is 13.0. The number of hydrogen-bond donors (Lipinski definition) is 1. The smallest absolute Gasteiger partial charge is 0.405 e. The highest BCUT2D eigenvalue weighted by molar-refractivity contribution is 6.30. The summed E-state index contributed by atoms with van der Waals surface area (Å²) < 4.78 is 5.17. The molecule has 0 aromatic heterocycles. The maximum atomic E-state index is 12.7. The Kier molecular flexibility index (Phi) is 6.19. The van der Waals surface area contributed by atoms with E-state index in [2.05, 4.69) is 17.0 Å². The number of para-hydroxylation sites is 1. The number of nitrogens with two attached hydrogens (primary N) is 1. The third kappa shape index (κ3) is 5.14. The van der Waals surface area contributed by atoms with Crippen molar-refractivity contribution in [2.45, 2.75) is 12.5 Å². The minimum absolute atomic E-state index is 0.0363. The van der Waals surface area contributed by atoms with Gasteiger partial charge in [-0.3, -0.25) is 4.79 Å². The lowest BCUT2D eigenvalue weighted by molar-refractivity contribution is -0.133. The Morgan fingerprint density at radius 2 is 1.74 bits per heavy atom. The summed E-state index contributed by atoms with van der Waals surface area (Å²) in [5.41, 5.74) is 6.98. The van der Waals surface area contributed by atoms with Crippen molar-refractivity contribution < 1.29 is 14.3 Å². The lowest BCUT2D eigenvalue weighted by Gasteiger charge is -2.36. The summed E-state index contributed by atoms with van der Waals surface area (Å²) in [5.74, 6) is -0.0751. The number of benzene rings is 2. The van der Waals surface area contributed by atoms with E-state index >= 15 is 0 Å². The van der Waals surface area contributed by atoms with Crippen LogP contribution >= 0.6 is 11.6 Å². The summed E-state index contributed by atoms with van der Waals surface area (Å²) in [7, 11) is 0. The molecule has 1 aliphatic rings. The molecule has 27 heavy (non-hydrogen) atoms. The minimum atomic E-state index is -0.915. The fourth-order valence-corrected chi connectivity index (χ4v) is 3.41. The van der Waals surface area contributed by atoms with Crippen LogP contribution < -0.4 is 10.6 Å². The zero-order valence-corrected chi connectivity index (χ0v) is 15.6. The van der Waals surface area contributed by atoms with E-state index in [4.69, 9.17) is 22.1 Å². The third-order valence-electron chi connectivity index (χ3n) is 4.59. The molecule has 1 aliphatic heterocycles. The molecule has 2 aromatic carbocycles. The van der Waals surface area contributed by atoms with Gasteiger partial charge < -0.3 is 20.3 Å². The first-order valence-electron chi connectivity index (χ1n) is 8.82. The summed E-state index contributed by atoms with van der Waals surface area (Å²) in [4.78, 5) is 28.0. The van der Waals surface area contributed by atoms with Crippen molar-refractivity contribution in [1.29, 1.82) is 0 Å². The highest BCUT2D eigenvalue weighted by Gasteiger charge is 2.26. The molecule has 2 amide bonds. The third-order valence-corrected chi connectivity index (χ3v) is 4.83. The van der Waals surface area contributed by atoms with Crippen molar-refractivity contribution in [2.24, 2.45) is 5.73 Å². The Morgan fingerprint density at radius 3 is 2.37 bits per heavy atom. The first-order valence-corrected chi connectivity index (χ1v) is 9.20. The van der Waals surface area contributed by atoms with Gasteiger partial charge in [-0.15, -0.1) is 0 Å². The van der Waals surface area contributed by atoms with Gasteiger partial charge in [0.15, 0.2) is 0 Å². The first kappa shape index (κ1) is 19.0. The van der Waals surface area contributed by atoms with Crippen LogP contribution in [0.4, 0.5) is 10.5 Å². The summed E-state index contributed by atoms with van der Waals surface area (Å²) in [6.07, 6.45) is -1.63. The molecule has 0 bridgehead atoms. The van der Waals surface area contributed by atoms with Gasteiger partial charge >= 0.3 is 6.09 Å². The summed E-state index contributed by atoms with van der Waals surface area (Å²) >= 11 is 6.01. The van der Waals surface area contributed by atoms with Gasteiger partial charge in [-0.25, -0.2) is 4.79 Å². The van der Waals surface area contributed by atoms with E-state index in [9.17, 15) is 9.59 Å². The van der Waals surface area contributed by atoms with E-state index in [1.807, 2.05) is 18.2 Å². The molecule has 1 unspecified atom stereocenters. The van der Waals surface area contributed by atoms with Crippen LogP contribution in [-0.2, 0) is 9.53 Å². The van der Waals surface area contributed by atoms with E-state index in [1.165, 1.54) is 0 Å². The van der Waals surface area contributed by atoms with Crippen LogP contribution in [0.25, 0.3) is 0 Å². The molecule has 3 rings (SSSR count). The van der Waals surface area contributed by atoms with Crippen molar-refractivity contribution in [3.63, 3.8) is 0 Å². The number of hydrogen-bond acceptors (Lipinski definition) is 4. The fraction of sp³-hybridized carbons (Fsp3) is 0.300. The van der Waals surface area contributed by atoms with Crippen molar-refractivity contribution in [3.05, 3.63) is 65.2 Å². The molecule has 0 radical (unpaired) electrons. The maximum Gasteiger partial charge on any atom is 0.405 e. The Morgan fingerprint density at radius 1 is 1.04 bits per heavy atom. The number of rotatable bonds is 5. The monoisotopic (exact) mass is 387 g/mol. The lowest BCUT2D eigenvalue weighted by Crippen LogP contribution is -2.49. The molecule has 7 heteroatoms. The number of ether oxygens (including phenoxy) is 1. The zero-order chi connectivity index (χ0) is 19.2. The number of amides is 2. The van der Waals surface area contributed by atoms with Crippen molar-refractivity contribution >= 4 is 29.3 Å². The quantitative estimate of drug-likeness (QED) is 0.854. The van der Waals surface area contributed by atoms with Crippen LogP contribution in [-0.4, -0.2) is 43.1 Å². The number of primary amides is 1. The second kappa shape index (κ2) is 8.77. The van der Waals surface area contributed by atoms with Crippen molar-refractivity contribution in [2.75, 3.05) is 31.1 Å². The van der Waals surface area contributed by atoms with Crippen LogP contribution in [0.1, 0.15) is 18.1 Å². The summed E-state index contributed by atoms with van der Waals surface area (Å²) in [6, 6.07) is 17.0. The summed E-state index contributed by atoms with van der Waals surface area (Å²) in [5, 5.41) is 0.509. The topological polar surface area (TPSA) is 75.9 Å². The highest BCUT2D eigenvalue weighted by atomic mass is 35.5. The van der Waals surface area contributed by atoms with E-state index in [0.717, 1.165) is 18.8 Å².